The minimum Gasteiger partial charge on any atom is -0.458 e. The number of hydrogen-bond donors (Lipinski definition) is 0. The first kappa shape index (κ1) is 13.5. The molecule has 2 aromatic heterocycles. The molecule has 1 aliphatic carbocycles. The van der Waals surface area contributed by atoms with Crippen LogP contribution in [0.25, 0.3) is 11.1 Å². The highest BCUT2D eigenvalue weighted by Gasteiger charge is 2.48. The molecular weight excluding hydrogens is 286 g/mol. The van der Waals surface area contributed by atoms with Crippen molar-refractivity contribution in [3.63, 3.8) is 0 Å². The molecule has 3 aliphatic heterocycles. The second kappa shape index (κ2) is 5.31. The van der Waals surface area contributed by atoms with E-state index in [1.54, 1.807) is 6.20 Å². The molecule has 0 spiro atoms. The quantitative estimate of drug-likeness (QED) is 0.873. The van der Waals surface area contributed by atoms with Crippen LogP contribution in [0.3, 0.4) is 0 Å². The fraction of sp³-hybridized carbons (Fsp3) is 0.474. The third-order valence-electron chi connectivity index (χ3n) is 5.66. The van der Waals surface area contributed by atoms with Crippen molar-refractivity contribution in [2.24, 2.45) is 17.8 Å². The van der Waals surface area contributed by atoms with Crippen molar-refractivity contribution >= 4 is 0 Å². The van der Waals surface area contributed by atoms with E-state index < -0.39 is 0 Å². The van der Waals surface area contributed by atoms with Crippen molar-refractivity contribution < 1.29 is 4.74 Å². The van der Waals surface area contributed by atoms with Gasteiger partial charge in [0.1, 0.15) is 0 Å². The Hall–Kier alpha value is -1.94. The van der Waals surface area contributed by atoms with Crippen LogP contribution in [0.1, 0.15) is 19.3 Å². The maximum Gasteiger partial charge on any atom is 0.214 e. The van der Waals surface area contributed by atoms with Gasteiger partial charge in [0.25, 0.3) is 0 Å². The number of piperidine rings is 3. The van der Waals surface area contributed by atoms with E-state index in [0.29, 0.717) is 5.92 Å². The van der Waals surface area contributed by atoms with E-state index in [9.17, 15) is 0 Å². The number of pyridine rings is 2. The minimum absolute atomic E-state index is 0.236. The van der Waals surface area contributed by atoms with Gasteiger partial charge in [0, 0.05) is 54.8 Å². The first-order chi connectivity index (χ1) is 11.3. The highest BCUT2D eigenvalue weighted by molar-refractivity contribution is 5.61. The van der Waals surface area contributed by atoms with Gasteiger partial charge < -0.3 is 4.74 Å². The monoisotopic (exact) mass is 307 g/mol. The number of aromatic nitrogens is 2. The molecule has 4 aliphatic rings. The number of nitrogens with zero attached hydrogens (tertiary/aromatic N) is 3. The highest BCUT2D eigenvalue weighted by atomic mass is 16.5. The third-order valence-corrected chi connectivity index (χ3v) is 5.66. The van der Waals surface area contributed by atoms with E-state index in [0.717, 1.165) is 28.8 Å². The Balaban J connectivity index is 1.33. The third kappa shape index (κ3) is 2.41. The van der Waals surface area contributed by atoms with Gasteiger partial charge in [-0.2, -0.15) is 0 Å². The van der Waals surface area contributed by atoms with E-state index in [1.807, 2.05) is 30.6 Å². The Bertz CT molecular complexity index is 658. The summed E-state index contributed by atoms with van der Waals surface area (Å²) in [6, 6.07) is 8.06. The molecule has 1 saturated carbocycles. The normalized spacial score (nSPS) is 34.5. The smallest absolute Gasteiger partial charge is 0.214 e. The molecule has 6 rings (SSSR count). The number of ether oxygens (including phenoxy) is 1. The van der Waals surface area contributed by atoms with Crippen LogP contribution in [0.5, 0.6) is 5.88 Å². The first-order valence-corrected chi connectivity index (χ1v) is 8.62. The summed E-state index contributed by atoms with van der Waals surface area (Å²) in [5, 5.41) is 0. The maximum absolute atomic E-state index is 6.28. The fourth-order valence-corrected chi connectivity index (χ4v) is 4.84. The van der Waals surface area contributed by atoms with Gasteiger partial charge in [-0.15, -0.1) is 0 Å². The van der Waals surface area contributed by atoms with Crippen molar-refractivity contribution in [2.75, 3.05) is 13.1 Å². The Kier molecular flexibility index (Phi) is 3.11. The molecule has 0 N–H and O–H groups in total. The first-order valence-electron chi connectivity index (χ1n) is 8.62. The molecule has 4 nitrogen and oxygen atoms in total. The van der Waals surface area contributed by atoms with Gasteiger partial charge in [0.05, 0.1) is 0 Å². The number of rotatable bonds is 3. The molecule has 5 heterocycles. The zero-order valence-electron chi connectivity index (χ0n) is 13.1. The van der Waals surface area contributed by atoms with Crippen molar-refractivity contribution in [2.45, 2.75) is 25.5 Å². The molecule has 2 aromatic rings. The molecule has 4 heteroatoms. The topological polar surface area (TPSA) is 38.2 Å². The zero-order chi connectivity index (χ0) is 15.2. The number of hydrogen-bond acceptors (Lipinski definition) is 4. The molecule has 0 aromatic carbocycles. The van der Waals surface area contributed by atoms with Crippen LogP contribution < -0.4 is 4.74 Å². The van der Waals surface area contributed by atoms with Gasteiger partial charge in [0.2, 0.25) is 5.88 Å². The fourth-order valence-electron chi connectivity index (χ4n) is 4.84. The van der Waals surface area contributed by atoms with Crippen LogP contribution >= 0.6 is 0 Å². The van der Waals surface area contributed by atoms with E-state index in [4.69, 9.17) is 4.74 Å². The molecule has 4 fully saturated rings. The van der Waals surface area contributed by atoms with Gasteiger partial charge in [-0.3, -0.25) is 9.88 Å². The van der Waals surface area contributed by atoms with E-state index >= 15 is 0 Å². The standard InChI is InChI=1S/C19H21N3O/c1-2-15(9-20-5-1)16-3-4-18(21-10-16)23-19-17-7-13-6-14(8-17)12-22(19)11-13/h1-5,9-10,13-14,17,19H,6-8,11-12H2. The van der Waals surface area contributed by atoms with Crippen molar-refractivity contribution in [1.29, 1.82) is 0 Å². The predicted molar refractivity (Wildman–Crippen MR) is 87.8 cm³/mol. The molecular formula is C19H21N3O. The summed E-state index contributed by atoms with van der Waals surface area (Å²) in [7, 11) is 0. The molecule has 0 radical (unpaired) electrons. The zero-order valence-corrected chi connectivity index (χ0v) is 13.1. The van der Waals surface area contributed by atoms with E-state index in [2.05, 4.69) is 20.9 Å². The summed E-state index contributed by atoms with van der Waals surface area (Å²) in [5.74, 6) is 3.26. The Labute approximate surface area is 136 Å². The largest absolute Gasteiger partial charge is 0.458 e. The highest BCUT2D eigenvalue weighted by Crippen LogP contribution is 2.46. The van der Waals surface area contributed by atoms with Crippen LogP contribution in [-0.2, 0) is 0 Å². The summed E-state index contributed by atoms with van der Waals surface area (Å²) in [6.07, 6.45) is 9.89. The average Bonchev–Trinajstić information content (AvgIpc) is 2.59. The molecule has 3 saturated heterocycles. The van der Waals surface area contributed by atoms with Gasteiger partial charge >= 0.3 is 0 Å². The van der Waals surface area contributed by atoms with Crippen LogP contribution in [-0.4, -0.2) is 34.2 Å². The van der Waals surface area contributed by atoms with Gasteiger partial charge in [0.15, 0.2) is 6.23 Å². The lowest BCUT2D eigenvalue weighted by Crippen LogP contribution is -2.61. The summed E-state index contributed by atoms with van der Waals surface area (Å²) >= 11 is 0. The van der Waals surface area contributed by atoms with Crippen LogP contribution in [0.2, 0.25) is 0 Å². The van der Waals surface area contributed by atoms with Gasteiger partial charge in [-0.1, -0.05) is 6.07 Å². The van der Waals surface area contributed by atoms with Gasteiger partial charge in [-0.25, -0.2) is 4.98 Å². The van der Waals surface area contributed by atoms with Crippen molar-refractivity contribution in [1.82, 2.24) is 14.9 Å². The Morgan fingerprint density at radius 2 is 1.78 bits per heavy atom. The second-order valence-corrected chi connectivity index (χ2v) is 7.29. The molecule has 3 atom stereocenters. The van der Waals surface area contributed by atoms with Crippen molar-refractivity contribution in [3.05, 3.63) is 42.9 Å². The van der Waals surface area contributed by atoms with E-state index in [1.165, 1.54) is 32.4 Å². The summed E-state index contributed by atoms with van der Waals surface area (Å²) in [5.41, 5.74) is 2.17. The SMILES string of the molecule is c1cncc(-c2ccc(OC3C4CC5CC(C4)CN3C5)nc2)c1. The van der Waals surface area contributed by atoms with Crippen LogP contribution in [0.4, 0.5) is 0 Å². The Morgan fingerprint density at radius 3 is 2.43 bits per heavy atom. The molecule has 0 amide bonds. The maximum atomic E-state index is 6.28. The van der Waals surface area contributed by atoms with Crippen LogP contribution in [0.15, 0.2) is 42.9 Å². The second-order valence-electron chi connectivity index (χ2n) is 7.29. The summed E-state index contributed by atoms with van der Waals surface area (Å²) in [4.78, 5) is 11.2. The predicted octanol–water partition coefficient (Wildman–Crippen LogP) is 3.21. The lowest BCUT2D eigenvalue weighted by molar-refractivity contribution is -0.143. The molecule has 3 unspecified atom stereocenters. The van der Waals surface area contributed by atoms with Crippen LogP contribution in [0, 0.1) is 17.8 Å². The Morgan fingerprint density at radius 1 is 0.957 bits per heavy atom. The minimum atomic E-state index is 0.236. The molecule has 23 heavy (non-hydrogen) atoms. The lowest BCUT2D eigenvalue weighted by Gasteiger charge is -2.55. The molecule has 118 valence electrons. The summed E-state index contributed by atoms with van der Waals surface area (Å²) in [6.45, 7) is 2.43. The van der Waals surface area contributed by atoms with Gasteiger partial charge in [-0.05, 0) is 43.2 Å². The summed E-state index contributed by atoms with van der Waals surface area (Å²) < 4.78 is 6.28. The average molecular weight is 307 g/mol. The van der Waals surface area contributed by atoms with E-state index in [-0.39, 0.29) is 6.23 Å². The molecule has 4 bridgehead atoms. The lowest BCUT2D eigenvalue weighted by atomic mass is 9.67. The van der Waals surface area contributed by atoms with Crippen molar-refractivity contribution in [3.8, 4) is 17.0 Å².